The molecule has 1 heterocycles. The van der Waals surface area contributed by atoms with Crippen molar-refractivity contribution in [3.63, 3.8) is 0 Å². The van der Waals surface area contributed by atoms with Crippen molar-refractivity contribution in [2.75, 3.05) is 0 Å². The highest BCUT2D eigenvalue weighted by molar-refractivity contribution is 5.81. The van der Waals surface area contributed by atoms with Crippen LogP contribution in [0.15, 0.2) is 6.20 Å². The third kappa shape index (κ3) is 2.28. The normalized spacial score (nSPS) is 12.4. The van der Waals surface area contributed by atoms with Gasteiger partial charge in [-0.3, -0.25) is 14.3 Å². The molecule has 1 rings (SSSR count). The van der Waals surface area contributed by atoms with E-state index in [1.165, 1.54) is 10.9 Å². The van der Waals surface area contributed by atoms with E-state index in [4.69, 9.17) is 10.2 Å². The first-order valence-corrected chi connectivity index (χ1v) is 3.81. The molecule has 7 heteroatoms. The van der Waals surface area contributed by atoms with Gasteiger partial charge in [0.05, 0.1) is 12.1 Å². The summed E-state index contributed by atoms with van der Waals surface area (Å²) in [6.45, 7) is 0. The van der Waals surface area contributed by atoms with Gasteiger partial charge in [-0.1, -0.05) is 5.21 Å². The Balaban J connectivity index is 2.88. The van der Waals surface area contributed by atoms with Crippen LogP contribution in [-0.4, -0.2) is 37.1 Å². The second-order valence-corrected chi connectivity index (χ2v) is 2.81. The van der Waals surface area contributed by atoms with Crippen molar-refractivity contribution >= 4 is 11.9 Å². The molecule has 1 unspecified atom stereocenters. The summed E-state index contributed by atoms with van der Waals surface area (Å²) in [5.74, 6) is -3.53. The number of rotatable bonds is 4. The van der Waals surface area contributed by atoms with Crippen LogP contribution in [0.5, 0.6) is 0 Å². The summed E-state index contributed by atoms with van der Waals surface area (Å²) in [5.41, 5.74) is 0.155. The molecule has 0 radical (unpaired) electrons. The predicted octanol–water partition coefficient (Wildman–Crippen LogP) is -0.542. The topological polar surface area (TPSA) is 105 Å². The van der Waals surface area contributed by atoms with Crippen molar-refractivity contribution < 1.29 is 19.8 Å². The molecule has 0 saturated heterocycles. The number of aromatic nitrogens is 3. The first-order valence-electron chi connectivity index (χ1n) is 3.81. The first-order chi connectivity index (χ1) is 6.50. The van der Waals surface area contributed by atoms with Crippen LogP contribution < -0.4 is 0 Å². The number of carbonyl (C=O) groups is 2. The molecular formula is C7H9N3O4. The maximum atomic E-state index is 10.7. The lowest BCUT2D eigenvalue weighted by Gasteiger charge is -2.04. The van der Waals surface area contributed by atoms with E-state index >= 15 is 0 Å². The fraction of sp³-hybridized carbons (Fsp3) is 0.429. The third-order valence-electron chi connectivity index (χ3n) is 1.65. The van der Waals surface area contributed by atoms with E-state index < -0.39 is 24.3 Å². The summed E-state index contributed by atoms with van der Waals surface area (Å²) in [6, 6.07) is 0. The van der Waals surface area contributed by atoms with Gasteiger partial charge in [-0.25, -0.2) is 0 Å². The second kappa shape index (κ2) is 3.86. The van der Waals surface area contributed by atoms with E-state index in [0.717, 1.165) is 0 Å². The molecule has 0 aromatic carbocycles. The fourth-order valence-corrected chi connectivity index (χ4v) is 1.02. The Morgan fingerprint density at radius 1 is 1.57 bits per heavy atom. The monoisotopic (exact) mass is 199 g/mol. The Morgan fingerprint density at radius 2 is 2.21 bits per heavy atom. The van der Waals surface area contributed by atoms with Crippen molar-refractivity contribution in [2.45, 2.75) is 12.3 Å². The minimum absolute atomic E-state index is 0.155. The zero-order chi connectivity index (χ0) is 10.7. The van der Waals surface area contributed by atoms with Crippen LogP contribution in [0.1, 0.15) is 18.0 Å². The molecule has 2 N–H and O–H groups in total. The third-order valence-corrected chi connectivity index (χ3v) is 1.65. The van der Waals surface area contributed by atoms with Crippen molar-refractivity contribution in [1.29, 1.82) is 0 Å². The van der Waals surface area contributed by atoms with E-state index in [-0.39, 0.29) is 5.69 Å². The number of hydrogen-bond acceptors (Lipinski definition) is 4. The summed E-state index contributed by atoms with van der Waals surface area (Å²) in [7, 11) is 1.58. The van der Waals surface area contributed by atoms with E-state index in [1.807, 2.05) is 0 Å². The highest BCUT2D eigenvalue weighted by atomic mass is 16.4. The number of nitrogens with zero attached hydrogens (tertiary/aromatic N) is 3. The van der Waals surface area contributed by atoms with Crippen LogP contribution >= 0.6 is 0 Å². The number of aliphatic carboxylic acids is 2. The van der Waals surface area contributed by atoms with Gasteiger partial charge in [0.1, 0.15) is 5.92 Å². The van der Waals surface area contributed by atoms with E-state index in [1.54, 1.807) is 7.05 Å². The molecule has 14 heavy (non-hydrogen) atoms. The largest absolute Gasteiger partial charge is 0.481 e. The molecule has 0 amide bonds. The van der Waals surface area contributed by atoms with Crippen molar-refractivity contribution in [1.82, 2.24) is 15.0 Å². The van der Waals surface area contributed by atoms with Gasteiger partial charge in [-0.15, -0.1) is 5.10 Å². The Labute approximate surface area is 79.0 Å². The Bertz CT molecular complexity index is 360. The van der Waals surface area contributed by atoms with E-state index in [0.29, 0.717) is 0 Å². The molecule has 0 aliphatic rings. The van der Waals surface area contributed by atoms with Gasteiger partial charge in [0, 0.05) is 13.2 Å². The fourth-order valence-electron chi connectivity index (χ4n) is 1.02. The molecule has 0 fully saturated rings. The van der Waals surface area contributed by atoms with Crippen molar-refractivity contribution in [2.24, 2.45) is 7.05 Å². The average molecular weight is 199 g/mol. The molecule has 76 valence electrons. The Hall–Kier alpha value is -1.92. The molecular weight excluding hydrogens is 190 g/mol. The van der Waals surface area contributed by atoms with Gasteiger partial charge >= 0.3 is 11.9 Å². The van der Waals surface area contributed by atoms with Crippen molar-refractivity contribution in [3.8, 4) is 0 Å². The molecule has 1 aromatic heterocycles. The van der Waals surface area contributed by atoms with Crippen LogP contribution in [0, 0.1) is 0 Å². The highest BCUT2D eigenvalue weighted by Gasteiger charge is 2.25. The molecule has 0 aliphatic carbocycles. The minimum atomic E-state index is -1.21. The lowest BCUT2D eigenvalue weighted by atomic mass is 10.0. The van der Waals surface area contributed by atoms with Crippen LogP contribution in [0.3, 0.4) is 0 Å². The lowest BCUT2D eigenvalue weighted by molar-refractivity contribution is -0.145. The molecule has 0 aliphatic heterocycles. The van der Waals surface area contributed by atoms with Gasteiger partial charge in [-0.05, 0) is 0 Å². The van der Waals surface area contributed by atoms with Crippen LogP contribution in [0.25, 0.3) is 0 Å². The van der Waals surface area contributed by atoms with Gasteiger partial charge in [0.25, 0.3) is 0 Å². The molecule has 0 bridgehead atoms. The molecule has 0 spiro atoms. The van der Waals surface area contributed by atoms with Crippen molar-refractivity contribution in [3.05, 3.63) is 11.9 Å². The quantitative estimate of drug-likeness (QED) is 0.674. The summed E-state index contributed by atoms with van der Waals surface area (Å²) >= 11 is 0. The lowest BCUT2D eigenvalue weighted by Crippen LogP contribution is -2.16. The number of aryl methyl sites for hydroxylation is 1. The summed E-state index contributed by atoms with van der Waals surface area (Å²) < 4.78 is 1.33. The second-order valence-electron chi connectivity index (χ2n) is 2.81. The molecule has 1 atom stereocenters. The first kappa shape index (κ1) is 10.2. The Morgan fingerprint density at radius 3 is 2.57 bits per heavy atom. The number of carboxylic acids is 2. The Kier molecular flexibility index (Phi) is 2.80. The molecule has 0 saturated carbocycles. The maximum Gasteiger partial charge on any atom is 0.313 e. The van der Waals surface area contributed by atoms with Crippen LogP contribution in [0.4, 0.5) is 0 Å². The predicted molar refractivity (Wildman–Crippen MR) is 43.6 cm³/mol. The van der Waals surface area contributed by atoms with Gasteiger partial charge in [-0.2, -0.15) is 0 Å². The number of carboxylic acid groups (broad SMARTS) is 2. The average Bonchev–Trinajstić information content (AvgIpc) is 2.46. The smallest absolute Gasteiger partial charge is 0.313 e. The van der Waals surface area contributed by atoms with Crippen LogP contribution in [-0.2, 0) is 16.6 Å². The van der Waals surface area contributed by atoms with Gasteiger partial charge in [0.15, 0.2) is 0 Å². The molecule has 1 aromatic rings. The summed E-state index contributed by atoms with van der Waals surface area (Å²) in [6.07, 6.45) is 0.899. The summed E-state index contributed by atoms with van der Waals surface area (Å²) in [5, 5.41) is 24.3. The highest BCUT2D eigenvalue weighted by Crippen LogP contribution is 2.16. The summed E-state index contributed by atoms with van der Waals surface area (Å²) in [4.78, 5) is 21.1. The minimum Gasteiger partial charge on any atom is -0.481 e. The van der Waals surface area contributed by atoms with Gasteiger partial charge < -0.3 is 10.2 Å². The van der Waals surface area contributed by atoms with Gasteiger partial charge in [0.2, 0.25) is 0 Å². The zero-order valence-electron chi connectivity index (χ0n) is 7.41. The maximum absolute atomic E-state index is 10.7. The standard InChI is InChI=1S/C7H9N3O4/c1-10-3-5(8-9-10)4(7(13)14)2-6(11)12/h3-4H,2H2,1H3,(H,11,12)(H,13,14). The van der Waals surface area contributed by atoms with E-state index in [2.05, 4.69) is 10.3 Å². The SMILES string of the molecule is Cn1cc(C(CC(=O)O)C(=O)O)nn1. The number of hydrogen-bond donors (Lipinski definition) is 2. The zero-order valence-corrected chi connectivity index (χ0v) is 7.41. The van der Waals surface area contributed by atoms with E-state index in [9.17, 15) is 9.59 Å². The molecule has 7 nitrogen and oxygen atoms in total. The van der Waals surface area contributed by atoms with Crippen LogP contribution in [0.2, 0.25) is 0 Å².